The van der Waals surface area contributed by atoms with Gasteiger partial charge in [-0.2, -0.15) is 0 Å². The number of unbranched alkanes of at least 4 members (excludes halogenated alkanes) is 1. The topological polar surface area (TPSA) is 67.4 Å². The van der Waals surface area contributed by atoms with Crippen molar-refractivity contribution in [2.24, 2.45) is 0 Å². The van der Waals surface area contributed by atoms with Crippen LogP contribution in [0.3, 0.4) is 0 Å². The molecule has 132 valence electrons. The van der Waals surface area contributed by atoms with E-state index in [1.165, 1.54) is 0 Å². The number of hydrogen-bond acceptors (Lipinski definition) is 3. The Morgan fingerprint density at radius 2 is 1.68 bits per heavy atom. The third kappa shape index (κ3) is 7.08. The number of anilines is 1. The summed E-state index contributed by atoms with van der Waals surface area (Å²) in [5.74, 6) is 0.139. The largest absolute Gasteiger partial charge is 0.489 e. The maximum absolute atomic E-state index is 11.8. The summed E-state index contributed by atoms with van der Waals surface area (Å²) < 4.78 is 5.69. The van der Waals surface area contributed by atoms with E-state index in [9.17, 15) is 9.59 Å². The molecule has 2 amide bonds. The lowest BCUT2D eigenvalue weighted by molar-refractivity contribution is -0.126. The molecule has 2 rings (SSSR count). The minimum atomic E-state index is -0.327. The van der Waals surface area contributed by atoms with Crippen LogP contribution in [0.4, 0.5) is 5.69 Å². The predicted octanol–water partition coefficient (Wildman–Crippen LogP) is 3.51. The molecule has 25 heavy (non-hydrogen) atoms. The van der Waals surface area contributed by atoms with Crippen molar-refractivity contribution >= 4 is 17.5 Å². The highest BCUT2D eigenvalue weighted by molar-refractivity contribution is 6.03. The van der Waals surface area contributed by atoms with Gasteiger partial charge in [-0.25, -0.2) is 0 Å². The Balaban J connectivity index is 1.75. The summed E-state index contributed by atoms with van der Waals surface area (Å²) in [5, 5.41) is 5.43. The summed E-state index contributed by atoms with van der Waals surface area (Å²) in [6.07, 6.45) is 1.75. The molecule has 0 bridgehead atoms. The molecule has 0 saturated carbocycles. The predicted molar refractivity (Wildman–Crippen MR) is 98.4 cm³/mol. The van der Waals surface area contributed by atoms with E-state index in [4.69, 9.17) is 4.74 Å². The van der Waals surface area contributed by atoms with Crippen molar-refractivity contribution < 1.29 is 14.3 Å². The van der Waals surface area contributed by atoms with Crippen LogP contribution in [0.25, 0.3) is 0 Å². The van der Waals surface area contributed by atoms with Crippen LogP contribution in [0, 0.1) is 0 Å². The van der Waals surface area contributed by atoms with E-state index in [1.807, 2.05) is 37.3 Å². The van der Waals surface area contributed by atoms with E-state index < -0.39 is 0 Å². The van der Waals surface area contributed by atoms with Crippen molar-refractivity contribution in [1.29, 1.82) is 0 Å². The van der Waals surface area contributed by atoms with Crippen molar-refractivity contribution in [2.75, 3.05) is 11.9 Å². The summed E-state index contributed by atoms with van der Waals surface area (Å²) in [5.41, 5.74) is 1.73. The Morgan fingerprint density at radius 3 is 2.36 bits per heavy atom. The third-order valence-corrected chi connectivity index (χ3v) is 3.56. The average molecular weight is 340 g/mol. The van der Waals surface area contributed by atoms with E-state index in [1.54, 1.807) is 24.3 Å². The lowest BCUT2D eigenvalue weighted by atomic mass is 10.2. The number of carbonyl (C=O) groups is 2. The molecule has 2 aromatic carbocycles. The van der Waals surface area contributed by atoms with Gasteiger partial charge in [0.1, 0.15) is 18.8 Å². The van der Waals surface area contributed by atoms with Gasteiger partial charge in [0.2, 0.25) is 11.8 Å². The molecular formula is C20H24N2O3. The first-order chi connectivity index (χ1) is 12.2. The fourth-order valence-corrected chi connectivity index (χ4v) is 2.19. The Bertz CT molecular complexity index is 669. The zero-order valence-electron chi connectivity index (χ0n) is 14.5. The van der Waals surface area contributed by atoms with Gasteiger partial charge in [0.05, 0.1) is 0 Å². The van der Waals surface area contributed by atoms with Crippen molar-refractivity contribution in [3.8, 4) is 5.75 Å². The monoisotopic (exact) mass is 340 g/mol. The zero-order valence-corrected chi connectivity index (χ0v) is 14.5. The lowest BCUT2D eigenvalue weighted by Gasteiger charge is -2.09. The van der Waals surface area contributed by atoms with Gasteiger partial charge in [-0.3, -0.25) is 9.59 Å². The summed E-state index contributed by atoms with van der Waals surface area (Å²) in [6.45, 7) is 3.15. The van der Waals surface area contributed by atoms with Crippen LogP contribution in [0.1, 0.15) is 31.7 Å². The second-order valence-corrected chi connectivity index (χ2v) is 5.73. The molecule has 0 saturated heterocycles. The normalized spacial score (nSPS) is 10.1. The molecular weight excluding hydrogens is 316 g/mol. The molecule has 0 aliphatic heterocycles. The first-order valence-electron chi connectivity index (χ1n) is 8.50. The Kier molecular flexibility index (Phi) is 7.50. The number of rotatable bonds is 9. The molecule has 0 aliphatic rings. The molecule has 0 atom stereocenters. The second kappa shape index (κ2) is 10.1. The molecule has 0 aromatic heterocycles. The van der Waals surface area contributed by atoms with Gasteiger partial charge >= 0.3 is 0 Å². The quantitative estimate of drug-likeness (QED) is 0.542. The Hall–Kier alpha value is -2.82. The van der Waals surface area contributed by atoms with Gasteiger partial charge in [0.25, 0.3) is 0 Å². The maximum atomic E-state index is 11.8. The minimum absolute atomic E-state index is 0.171. The van der Waals surface area contributed by atoms with Crippen molar-refractivity contribution in [3.63, 3.8) is 0 Å². The fourth-order valence-electron chi connectivity index (χ4n) is 2.19. The van der Waals surface area contributed by atoms with E-state index in [0.29, 0.717) is 18.8 Å². The molecule has 0 fully saturated rings. The van der Waals surface area contributed by atoms with Crippen molar-refractivity contribution in [2.45, 2.75) is 32.8 Å². The van der Waals surface area contributed by atoms with E-state index in [-0.39, 0.29) is 18.2 Å². The standard InChI is InChI=1S/C20H24N2O3/c1-2-3-13-21-19(23)14-20(24)22-17-9-11-18(12-10-17)25-15-16-7-5-4-6-8-16/h4-12H,2-3,13-15H2,1H3,(H,21,23)(H,22,24). The molecule has 0 spiro atoms. The molecule has 0 aliphatic carbocycles. The fraction of sp³-hybridized carbons (Fsp3) is 0.300. The van der Waals surface area contributed by atoms with Gasteiger partial charge < -0.3 is 15.4 Å². The second-order valence-electron chi connectivity index (χ2n) is 5.73. The smallest absolute Gasteiger partial charge is 0.233 e. The Labute approximate surface area is 148 Å². The van der Waals surface area contributed by atoms with Crippen LogP contribution in [0.5, 0.6) is 5.75 Å². The zero-order chi connectivity index (χ0) is 17.9. The van der Waals surface area contributed by atoms with Gasteiger partial charge in [-0.1, -0.05) is 43.7 Å². The number of nitrogens with one attached hydrogen (secondary N) is 2. The number of carbonyl (C=O) groups excluding carboxylic acids is 2. The van der Waals surface area contributed by atoms with Crippen LogP contribution < -0.4 is 15.4 Å². The SMILES string of the molecule is CCCCNC(=O)CC(=O)Nc1ccc(OCc2ccccc2)cc1. The molecule has 0 heterocycles. The summed E-state index contributed by atoms with van der Waals surface area (Å²) in [6, 6.07) is 17.0. The van der Waals surface area contributed by atoms with Gasteiger partial charge in [0, 0.05) is 12.2 Å². The van der Waals surface area contributed by atoms with Crippen molar-refractivity contribution in [1.82, 2.24) is 5.32 Å². The van der Waals surface area contributed by atoms with E-state index >= 15 is 0 Å². The summed E-state index contributed by atoms with van der Waals surface area (Å²) >= 11 is 0. The highest BCUT2D eigenvalue weighted by atomic mass is 16.5. The molecule has 0 unspecified atom stereocenters. The van der Waals surface area contributed by atoms with Crippen LogP contribution in [0.2, 0.25) is 0 Å². The van der Waals surface area contributed by atoms with Crippen LogP contribution >= 0.6 is 0 Å². The minimum Gasteiger partial charge on any atom is -0.489 e. The van der Waals surface area contributed by atoms with E-state index in [2.05, 4.69) is 10.6 Å². The average Bonchev–Trinajstić information content (AvgIpc) is 2.62. The van der Waals surface area contributed by atoms with Gasteiger partial charge in [0.15, 0.2) is 0 Å². The van der Waals surface area contributed by atoms with Crippen LogP contribution in [-0.2, 0) is 16.2 Å². The van der Waals surface area contributed by atoms with Gasteiger partial charge in [-0.05, 0) is 36.2 Å². The van der Waals surface area contributed by atoms with Crippen LogP contribution in [-0.4, -0.2) is 18.4 Å². The molecule has 2 N–H and O–H groups in total. The highest BCUT2D eigenvalue weighted by Gasteiger charge is 2.09. The molecule has 0 radical (unpaired) electrons. The van der Waals surface area contributed by atoms with Crippen molar-refractivity contribution in [3.05, 3.63) is 60.2 Å². The first kappa shape index (κ1) is 18.5. The molecule has 5 nitrogen and oxygen atoms in total. The summed E-state index contributed by atoms with van der Waals surface area (Å²) in [7, 11) is 0. The highest BCUT2D eigenvalue weighted by Crippen LogP contribution is 2.17. The third-order valence-electron chi connectivity index (χ3n) is 3.56. The molecule has 5 heteroatoms. The van der Waals surface area contributed by atoms with E-state index in [0.717, 1.165) is 24.2 Å². The van der Waals surface area contributed by atoms with Crippen LogP contribution in [0.15, 0.2) is 54.6 Å². The Morgan fingerprint density at radius 1 is 0.960 bits per heavy atom. The molecule has 2 aromatic rings. The maximum Gasteiger partial charge on any atom is 0.233 e. The number of ether oxygens (including phenoxy) is 1. The first-order valence-corrected chi connectivity index (χ1v) is 8.50. The number of hydrogen-bond donors (Lipinski definition) is 2. The number of benzene rings is 2. The lowest BCUT2D eigenvalue weighted by Crippen LogP contribution is -2.28. The van der Waals surface area contributed by atoms with Gasteiger partial charge in [-0.15, -0.1) is 0 Å². The summed E-state index contributed by atoms with van der Waals surface area (Å²) in [4.78, 5) is 23.4. The number of amides is 2.